The molecule has 1 aliphatic rings. The summed E-state index contributed by atoms with van der Waals surface area (Å²) in [5.74, 6) is 0.651. The number of carbonyl (C=O) groups excluding carboxylic acids is 1. The molecular formula is C15H26N2O. The lowest BCUT2D eigenvalue weighted by Gasteiger charge is -2.32. The van der Waals surface area contributed by atoms with E-state index in [0.717, 1.165) is 6.54 Å². The van der Waals surface area contributed by atoms with E-state index in [2.05, 4.69) is 6.07 Å². The van der Waals surface area contributed by atoms with Crippen molar-refractivity contribution < 1.29 is 4.79 Å². The highest BCUT2D eigenvalue weighted by Gasteiger charge is 2.37. The summed E-state index contributed by atoms with van der Waals surface area (Å²) in [6.07, 6.45) is 7.59. The van der Waals surface area contributed by atoms with Gasteiger partial charge in [0.1, 0.15) is 5.41 Å². The summed E-state index contributed by atoms with van der Waals surface area (Å²) in [6.45, 7) is 4.68. The van der Waals surface area contributed by atoms with E-state index in [0.29, 0.717) is 18.8 Å². The van der Waals surface area contributed by atoms with Gasteiger partial charge in [-0.1, -0.05) is 33.1 Å². The van der Waals surface area contributed by atoms with Crippen LogP contribution in [-0.2, 0) is 4.79 Å². The van der Waals surface area contributed by atoms with Crippen LogP contribution in [0.1, 0.15) is 58.8 Å². The zero-order chi connectivity index (χ0) is 13.6. The Morgan fingerprint density at radius 3 is 2.28 bits per heavy atom. The molecule has 1 saturated carbocycles. The van der Waals surface area contributed by atoms with Crippen molar-refractivity contribution in [1.82, 2.24) is 4.90 Å². The van der Waals surface area contributed by atoms with Crippen LogP contribution < -0.4 is 0 Å². The fourth-order valence-corrected chi connectivity index (χ4v) is 2.96. The zero-order valence-electron chi connectivity index (χ0n) is 12.0. The zero-order valence-corrected chi connectivity index (χ0v) is 12.0. The molecule has 0 unspecified atom stereocenters. The van der Waals surface area contributed by atoms with Gasteiger partial charge in [-0.25, -0.2) is 0 Å². The molecule has 3 heteroatoms. The summed E-state index contributed by atoms with van der Waals surface area (Å²) >= 11 is 0. The van der Waals surface area contributed by atoms with Crippen molar-refractivity contribution in [1.29, 1.82) is 5.26 Å². The van der Waals surface area contributed by atoms with Gasteiger partial charge in [0.2, 0.25) is 5.91 Å². The lowest BCUT2D eigenvalue weighted by atomic mass is 9.82. The Labute approximate surface area is 111 Å². The van der Waals surface area contributed by atoms with Crippen molar-refractivity contribution in [3.63, 3.8) is 0 Å². The van der Waals surface area contributed by atoms with Crippen LogP contribution in [0.15, 0.2) is 0 Å². The van der Waals surface area contributed by atoms with E-state index in [4.69, 9.17) is 0 Å². The summed E-state index contributed by atoms with van der Waals surface area (Å²) in [4.78, 5) is 14.2. The molecule has 0 aromatic carbocycles. The summed E-state index contributed by atoms with van der Waals surface area (Å²) in [7, 11) is 1.86. The quantitative estimate of drug-likeness (QED) is 0.751. The Kier molecular flexibility index (Phi) is 5.65. The molecule has 0 aromatic heterocycles. The minimum Gasteiger partial charge on any atom is -0.344 e. The summed E-state index contributed by atoms with van der Waals surface area (Å²) < 4.78 is 0. The van der Waals surface area contributed by atoms with Crippen LogP contribution in [0, 0.1) is 22.7 Å². The minimum atomic E-state index is -0.802. The van der Waals surface area contributed by atoms with E-state index in [1.54, 1.807) is 4.90 Å². The third-order valence-corrected chi connectivity index (χ3v) is 4.43. The molecule has 0 saturated heterocycles. The van der Waals surface area contributed by atoms with Gasteiger partial charge >= 0.3 is 0 Å². The Morgan fingerprint density at radius 1 is 1.28 bits per heavy atom. The van der Waals surface area contributed by atoms with Gasteiger partial charge < -0.3 is 4.90 Å². The van der Waals surface area contributed by atoms with Crippen molar-refractivity contribution in [2.24, 2.45) is 11.3 Å². The maximum absolute atomic E-state index is 12.4. The largest absolute Gasteiger partial charge is 0.344 e. The number of hydrogen-bond acceptors (Lipinski definition) is 2. The molecule has 1 rings (SSSR count). The molecule has 1 amide bonds. The number of carbonyl (C=O) groups is 1. The van der Waals surface area contributed by atoms with Gasteiger partial charge in [0.15, 0.2) is 0 Å². The van der Waals surface area contributed by atoms with Crippen molar-refractivity contribution in [3.8, 4) is 6.07 Å². The van der Waals surface area contributed by atoms with Gasteiger partial charge in [-0.3, -0.25) is 4.79 Å². The number of amides is 1. The average molecular weight is 250 g/mol. The van der Waals surface area contributed by atoms with Crippen molar-refractivity contribution in [2.45, 2.75) is 58.8 Å². The highest BCUT2D eigenvalue weighted by molar-refractivity contribution is 5.85. The Balaban J connectivity index is 2.62. The predicted molar refractivity (Wildman–Crippen MR) is 72.8 cm³/mol. The van der Waals surface area contributed by atoms with Crippen LogP contribution in [0.25, 0.3) is 0 Å². The maximum atomic E-state index is 12.4. The highest BCUT2D eigenvalue weighted by Crippen LogP contribution is 2.30. The summed E-state index contributed by atoms with van der Waals surface area (Å²) in [5.41, 5.74) is -0.802. The number of rotatable bonds is 5. The molecule has 0 atom stereocenters. The standard InChI is InChI=1S/C15H26N2O/c1-4-15(5-2,12-16)14(18)17(3)11-13-9-7-6-8-10-13/h13H,4-11H2,1-3H3. The van der Waals surface area contributed by atoms with E-state index in [1.807, 2.05) is 20.9 Å². The van der Waals surface area contributed by atoms with Crippen LogP contribution >= 0.6 is 0 Å². The fraction of sp³-hybridized carbons (Fsp3) is 0.867. The van der Waals surface area contributed by atoms with Crippen LogP contribution in [-0.4, -0.2) is 24.4 Å². The third kappa shape index (κ3) is 3.25. The molecule has 0 spiro atoms. The Morgan fingerprint density at radius 2 is 1.83 bits per heavy atom. The molecule has 1 aliphatic carbocycles. The number of nitriles is 1. The average Bonchev–Trinajstić information content (AvgIpc) is 2.42. The lowest BCUT2D eigenvalue weighted by Crippen LogP contribution is -2.43. The first-order chi connectivity index (χ1) is 8.59. The summed E-state index contributed by atoms with van der Waals surface area (Å²) in [5, 5.41) is 9.30. The van der Waals surface area contributed by atoms with E-state index >= 15 is 0 Å². The van der Waals surface area contributed by atoms with Crippen LogP contribution in [0.4, 0.5) is 0 Å². The van der Waals surface area contributed by atoms with Crippen LogP contribution in [0.5, 0.6) is 0 Å². The Bertz CT molecular complexity index is 309. The van der Waals surface area contributed by atoms with Gasteiger partial charge in [0, 0.05) is 13.6 Å². The van der Waals surface area contributed by atoms with E-state index in [9.17, 15) is 10.1 Å². The highest BCUT2D eigenvalue weighted by atomic mass is 16.2. The lowest BCUT2D eigenvalue weighted by molar-refractivity contribution is -0.138. The van der Waals surface area contributed by atoms with Gasteiger partial charge in [0.25, 0.3) is 0 Å². The number of hydrogen-bond donors (Lipinski definition) is 0. The molecule has 0 N–H and O–H groups in total. The van der Waals surface area contributed by atoms with Crippen molar-refractivity contribution in [3.05, 3.63) is 0 Å². The van der Waals surface area contributed by atoms with Crippen molar-refractivity contribution in [2.75, 3.05) is 13.6 Å². The van der Waals surface area contributed by atoms with Crippen LogP contribution in [0.3, 0.4) is 0 Å². The molecule has 0 bridgehead atoms. The van der Waals surface area contributed by atoms with Gasteiger partial charge in [-0.05, 0) is 31.6 Å². The van der Waals surface area contributed by atoms with E-state index in [1.165, 1.54) is 32.1 Å². The van der Waals surface area contributed by atoms with E-state index < -0.39 is 5.41 Å². The third-order valence-electron chi connectivity index (χ3n) is 4.43. The molecule has 0 heterocycles. The second-order valence-corrected chi connectivity index (χ2v) is 5.59. The van der Waals surface area contributed by atoms with Crippen LogP contribution in [0.2, 0.25) is 0 Å². The van der Waals surface area contributed by atoms with E-state index in [-0.39, 0.29) is 5.91 Å². The molecule has 0 aliphatic heterocycles. The first-order valence-electron chi connectivity index (χ1n) is 7.26. The molecular weight excluding hydrogens is 224 g/mol. The fourth-order valence-electron chi connectivity index (χ4n) is 2.96. The van der Waals surface area contributed by atoms with Gasteiger partial charge in [0.05, 0.1) is 6.07 Å². The van der Waals surface area contributed by atoms with Gasteiger partial charge in [-0.15, -0.1) is 0 Å². The predicted octanol–water partition coefficient (Wildman–Crippen LogP) is 3.36. The molecule has 0 radical (unpaired) electrons. The Hall–Kier alpha value is -1.04. The maximum Gasteiger partial charge on any atom is 0.242 e. The minimum absolute atomic E-state index is 0.0144. The first kappa shape index (κ1) is 15.0. The van der Waals surface area contributed by atoms with Gasteiger partial charge in [-0.2, -0.15) is 5.26 Å². The van der Waals surface area contributed by atoms with Crippen molar-refractivity contribution >= 4 is 5.91 Å². The second kappa shape index (κ2) is 6.78. The molecule has 102 valence electrons. The SMILES string of the molecule is CCC(C#N)(CC)C(=O)N(C)CC1CCCCC1. The topological polar surface area (TPSA) is 44.1 Å². The second-order valence-electron chi connectivity index (χ2n) is 5.59. The number of nitrogens with zero attached hydrogens (tertiary/aromatic N) is 2. The smallest absolute Gasteiger partial charge is 0.242 e. The molecule has 18 heavy (non-hydrogen) atoms. The molecule has 3 nitrogen and oxygen atoms in total. The normalized spacial score (nSPS) is 17.2. The summed E-state index contributed by atoms with van der Waals surface area (Å²) in [6, 6.07) is 2.24. The monoisotopic (exact) mass is 250 g/mol. The molecule has 1 fully saturated rings. The first-order valence-corrected chi connectivity index (χ1v) is 7.26. The molecule has 0 aromatic rings.